The van der Waals surface area contributed by atoms with Gasteiger partial charge in [-0.05, 0) is 24.7 Å². The van der Waals surface area contributed by atoms with E-state index in [9.17, 15) is 0 Å². The Morgan fingerprint density at radius 2 is 1.64 bits per heavy atom. The van der Waals surface area contributed by atoms with E-state index in [4.69, 9.17) is 11.6 Å². The van der Waals surface area contributed by atoms with Crippen LogP contribution in [0.5, 0.6) is 0 Å². The van der Waals surface area contributed by atoms with Gasteiger partial charge in [0.15, 0.2) is 0 Å². The van der Waals surface area contributed by atoms with Crippen LogP contribution in [0.4, 0.5) is 0 Å². The van der Waals surface area contributed by atoms with Gasteiger partial charge in [0.2, 0.25) is 0 Å². The molecule has 0 heterocycles. The van der Waals surface area contributed by atoms with Gasteiger partial charge in [-0.1, -0.05) is 32.6 Å². The van der Waals surface area contributed by atoms with Crippen molar-refractivity contribution in [2.75, 3.05) is 5.88 Å². The molecule has 0 aliphatic heterocycles. The molecule has 11 heavy (non-hydrogen) atoms. The summed E-state index contributed by atoms with van der Waals surface area (Å²) in [4.78, 5) is 0. The van der Waals surface area contributed by atoms with Crippen LogP contribution in [0.3, 0.4) is 0 Å². The van der Waals surface area contributed by atoms with Crippen molar-refractivity contribution in [3.05, 3.63) is 0 Å². The highest BCUT2D eigenvalue weighted by Gasteiger charge is 2.19. The fourth-order valence-corrected chi connectivity index (χ4v) is 2.39. The van der Waals surface area contributed by atoms with Crippen LogP contribution >= 0.6 is 11.6 Å². The maximum atomic E-state index is 5.81. The molecular formula is C10H19Cl. The van der Waals surface area contributed by atoms with Gasteiger partial charge < -0.3 is 0 Å². The summed E-state index contributed by atoms with van der Waals surface area (Å²) < 4.78 is 0. The third-order valence-corrected chi connectivity index (χ3v) is 3.32. The second-order valence-electron chi connectivity index (χ2n) is 3.83. The molecule has 0 N–H and O–H groups in total. The van der Waals surface area contributed by atoms with Crippen molar-refractivity contribution < 1.29 is 0 Å². The first-order chi connectivity index (χ1) is 5.36. The van der Waals surface area contributed by atoms with Crippen LogP contribution < -0.4 is 0 Å². The number of halogens is 1. The first kappa shape index (κ1) is 9.38. The van der Waals surface area contributed by atoms with E-state index in [0.717, 1.165) is 17.7 Å². The molecule has 66 valence electrons. The van der Waals surface area contributed by atoms with Gasteiger partial charge in [0, 0.05) is 5.88 Å². The lowest BCUT2D eigenvalue weighted by Crippen LogP contribution is -2.15. The van der Waals surface area contributed by atoms with E-state index < -0.39 is 0 Å². The van der Waals surface area contributed by atoms with E-state index in [1.807, 2.05) is 0 Å². The maximum absolute atomic E-state index is 5.81. The predicted molar refractivity (Wildman–Crippen MR) is 51.1 cm³/mol. The summed E-state index contributed by atoms with van der Waals surface area (Å²) in [6, 6.07) is 0. The standard InChI is InChI=1S/C10H19Cl/c1-2-3-9-4-6-10(8-11)7-5-9/h9-10H,2-8H2,1H3/t9-,10-. The molecular weight excluding hydrogens is 156 g/mol. The van der Waals surface area contributed by atoms with Crippen LogP contribution in [-0.2, 0) is 0 Å². The summed E-state index contributed by atoms with van der Waals surface area (Å²) in [7, 11) is 0. The number of alkyl halides is 1. The Labute approximate surface area is 75.3 Å². The minimum absolute atomic E-state index is 0.838. The summed E-state index contributed by atoms with van der Waals surface area (Å²) in [5.74, 6) is 2.75. The van der Waals surface area contributed by atoms with Crippen LogP contribution in [0.2, 0.25) is 0 Å². The van der Waals surface area contributed by atoms with Crippen molar-refractivity contribution >= 4 is 11.6 Å². The molecule has 0 radical (unpaired) electrons. The zero-order valence-corrected chi connectivity index (χ0v) is 8.24. The van der Waals surface area contributed by atoms with Crippen molar-refractivity contribution in [2.24, 2.45) is 11.8 Å². The molecule has 1 saturated carbocycles. The summed E-state index contributed by atoms with van der Waals surface area (Å²) in [5.41, 5.74) is 0. The highest BCUT2D eigenvalue weighted by Crippen LogP contribution is 2.31. The largest absolute Gasteiger partial charge is 0.126 e. The fourth-order valence-electron chi connectivity index (χ4n) is 2.08. The molecule has 1 rings (SSSR count). The monoisotopic (exact) mass is 174 g/mol. The van der Waals surface area contributed by atoms with Gasteiger partial charge in [-0.25, -0.2) is 0 Å². The molecule has 1 heteroatoms. The molecule has 0 bridgehead atoms. The summed E-state index contributed by atoms with van der Waals surface area (Å²) in [6.07, 6.45) is 8.43. The summed E-state index contributed by atoms with van der Waals surface area (Å²) >= 11 is 5.81. The Balaban J connectivity index is 2.14. The van der Waals surface area contributed by atoms with Gasteiger partial charge in [-0.2, -0.15) is 0 Å². The fraction of sp³-hybridized carbons (Fsp3) is 1.00. The van der Waals surface area contributed by atoms with Crippen LogP contribution in [0.15, 0.2) is 0 Å². The van der Waals surface area contributed by atoms with E-state index in [2.05, 4.69) is 6.92 Å². The van der Waals surface area contributed by atoms with Crippen LogP contribution in [0.25, 0.3) is 0 Å². The lowest BCUT2D eigenvalue weighted by atomic mass is 9.81. The highest BCUT2D eigenvalue weighted by molar-refractivity contribution is 6.18. The Morgan fingerprint density at radius 1 is 1.09 bits per heavy atom. The second-order valence-corrected chi connectivity index (χ2v) is 4.14. The number of hydrogen-bond donors (Lipinski definition) is 0. The normalized spacial score (nSPS) is 32.2. The molecule has 0 aromatic carbocycles. The maximum Gasteiger partial charge on any atom is 0.0251 e. The third kappa shape index (κ3) is 3.02. The van der Waals surface area contributed by atoms with Gasteiger partial charge in [0.05, 0.1) is 0 Å². The molecule has 0 spiro atoms. The van der Waals surface area contributed by atoms with Crippen LogP contribution in [0.1, 0.15) is 45.4 Å². The van der Waals surface area contributed by atoms with E-state index in [1.165, 1.54) is 38.5 Å². The SMILES string of the molecule is CCC[C@H]1CC[C@H](CCl)CC1. The van der Waals surface area contributed by atoms with Crippen molar-refractivity contribution in [1.82, 2.24) is 0 Å². The number of rotatable bonds is 3. The van der Waals surface area contributed by atoms with Crippen LogP contribution in [0, 0.1) is 11.8 Å². The van der Waals surface area contributed by atoms with E-state index in [-0.39, 0.29) is 0 Å². The smallest absolute Gasteiger partial charge is 0.0251 e. The Hall–Kier alpha value is 0.290. The zero-order chi connectivity index (χ0) is 8.10. The second kappa shape index (κ2) is 5.03. The first-order valence-electron chi connectivity index (χ1n) is 4.92. The molecule has 0 unspecified atom stereocenters. The van der Waals surface area contributed by atoms with Crippen molar-refractivity contribution in [3.63, 3.8) is 0 Å². The zero-order valence-electron chi connectivity index (χ0n) is 7.48. The summed E-state index contributed by atoms with van der Waals surface area (Å²) in [5, 5.41) is 0. The van der Waals surface area contributed by atoms with Crippen molar-refractivity contribution in [3.8, 4) is 0 Å². The van der Waals surface area contributed by atoms with Crippen molar-refractivity contribution in [2.45, 2.75) is 45.4 Å². The average molecular weight is 175 g/mol. The minimum atomic E-state index is 0.838. The quantitative estimate of drug-likeness (QED) is 0.571. The molecule has 1 fully saturated rings. The molecule has 1 aliphatic carbocycles. The molecule has 0 aromatic rings. The molecule has 1 aliphatic rings. The Bertz CT molecular complexity index is 93.0. The average Bonchev–Trinajstić information content (AvgIpc) is 2.07. The predicted octanol–water partition coefficient (Wildman–Crippen LogP) is 3.83. The lowest BCUT2D eigenvalue weighted by Gasteiger charge is -2.26. The molecule has 0 aromatic heterocycles. The molecule has 0 nitrogen and oxygen atoms in total. The van der Waals surface area contributed by atoms with E-state index >= 15 is 0 Å². The lowest BCUT2D eigenvalue weighted by molar-refractivity contribution is 0.278. The van der Waals surface area contributed by atoms with Gasteiger partial charge >= 0.3 is 0 Å². The molecule has 0 amide bonds. The topological polar surface area (TPSA) is 0 Å². The van der Waals surface area contributed by atoms with E-state index in [0.29, 0.717) is 0 Å². The van der Waals surface area contributed by atoms with Crippen LogP contribution in [-0.4, -0.2) is 5.88 Å². The first-order valence-corrected chi connectivity index (χ1v) is 5.46. The summed E-state index contributed by atoms with van der Waals surface area (Å²) in [6.45, 7) is 2.29. The van der Waals surface area contributed by atoms with Crippen molar-refractivity contribution in [1.29, 1.82) is 0 Å². The third-order valence-electron chi connectivity index (χ3n) is 2.88. The van der Waals surface area contributed by atoms with Gasteiger partial charge in [0.25, 0.3) is 0 Å². The number of hydrogen-bond acceptors (Lipinski definition) is 0. The minimum Gasteiger partial charge on any atom is -0.126 e. The van der Waals surface area contributed by atoms with Gasteiger partial charge in [-0.15, -0.1) is 11.6 Å². The van der Waals surface area contributed by atoms with Gasteiger partial charge in [-0.3, -0.25) is 0 Å². The molecule has 0 saturated heterocycles. The Morgan fingerprint density at radius 3 is 2.09 bits per heavy atom. The Kier molecular flexibility index (Phi) is 4.29. The molecule has 0 atom stereocenters. The van der Waals surface area contributed by atoms with Gasteiger partial charge in [0.1, 0.15) is 0 Å². The highest BCUT2D eigenvalue weighted by atomic mass is 35.5. The van der Waals surface area contributed by atoms with E-state index in [1.54, 1.807) is 0 Å².